The Balaban J connectivity index is 1.93. The van der Waals surface area contributed by atoms with Crippen LogP contribution >= 0.6 is 0 Å². The monoisotopic (exact) mass is 282 g/mol. The smallest absolute Gasteiger partial charge is 0.241 e. The van der Waals surface area contributed by atoms with Gasteiger partial charge >= 0.3 is 0 Å². The van der Waals surface area contributed by atoms with E-state index in [2.05, 4.69) is 17.1 Å². The van der Waals surface area contributed by atoms with Crippen molar-refractivity contribution >= 4 is 5.91 Å². The first-order valence-electron chi connectivity index (χ1n) is 8.33. The lowest BCUT2D eigenvalue weighted by atomic mass is 10.0. The van der Waals surface area contributed by atoms with Gasteiger partial charge in [0, 0.05) is 20.3 Å². The van der Waals surface area contributed by atoms with Crippen LogP contribution in [0.25, 0.3) is 0 Å². The second kappa shape index (κ2) is 7.99. The van der Waals surface area contributed by atoms with Gasteiger partial charge in [0.25, 0.3) is 0 Å². The van der Waals surface area contributed by atoms with Gasteiger partial charge in [0.2, 0.25) is 5.91 Å². The van der Waals surface area contributed by atoms with Crippen LogP contribution in [0.15, 0.2) is 0 Å². The zero-order valence-corrected chi connectivity index (χ0v) is 13.1. The number of carbonyl (C=O) groups excluding carboxylic acids is 1. The first-order chi connectivity index (χ1) is 9.77. The van der Waals surface area contributed by atoms with Crippen molar-refractivity contribution in [2.45, 2.75) is 70.5 Å². The van der Waals surface area contributed by atoms with Crippen LogP contribution in [0.3, 0.4) is 0 Å². The normalized spacial score (nSPS) is 27.7. The number of hydrogen-bond acceptors (Lipinski definition) is 3. The summed E-state index contributed by atoms with van der Waals surface area (Å²) in [6, 6.07) is 0.0630. The van der Waals surface area contributed by atoms with Crippen molar-refractivity contribution in [3.63, 3.8) is 0 Å². The molecule has 0 radical (unpaired) electrons. The fourth-order valence-corrected chi connectivity index (χ4v) is 3.64. The molecule has 2 atom stereocenters. The highest BCUT2D eigenvalue weighted by Crippen LogP contribution is 2.32. The number of methoxy groups -OCH3 is 1. The molecule has 1 saturated heterocycles. The highest BCUT2D eigenvalue weighted by atomic mass is 16.5. The van der Waals surface area contributed by atoms with Crippen LogP contribution in [-0.2, 0) is 9.53 Å². The molecule has 1 aliphatic carbocycles. The van der Waals surface area contributed by atoms with Gasteiger partial charge in [0.05, 0.1) is 12.2 Å². The maximum atomic E-state index is 12.6. The molecule has 4 heteroatoms. The quantitative estimate of drug-likeness (QED) is 0.696. The van der Waals surface area contributed by atoms with Crippen LogP contribution in [0.2, 0.25) is 0 Å². The van der Waals surface area contributed by atoms with E-state index in [1.54, 1.807) is 7.11 Å². The van der Waals surface area contributed by atoms with Crippen molar-refractivity contribution in [1.82, 2.24) is 10.2 Å². The molecule has 0 aromatic carbocycles. The van der Waals surface area contributed by atoms with Crippen molar-refractivity contribution in [2.75, 3.05) is 20.3 Å². The molecule has 0 aromatic heterocycles. The van der Waals surface area contributed by atoms with Gasteiger partial charge in [-0.1, -0.05) is 26.2 Å². The van der Waals surface area contributed by atoms with Crippen LogP contribution in [0.5, 0.6) is 0 Å². The van der Waals surface area contributed by atoms with Gasteiger partial charge in [-0.3, -0.25) is 10.1 Å². The molecule has 1 heterocycles. The zero-order valence-electron chi connectivity index (χ0n) is 13.1. The Morgan fingerprint density at radius 1 is 1.30 bits per heavy atom. The summed E-state index contributed by atoms with van der Waals surface area (Å²) in [5.74, 6) is 1.00. The molecule has 116 valence electrons. The Hall–Kier alpha value is -0.610. The SMILES string of the molecule is CCCC1NC(C2CCCC2)N(CCCCOC)C1=O. The van der Waals surface area contributed by atoms with Crippen molar-refractivity contribution < 1.29 is 9.53 Å². The van der Waals surface area contributed by atoms with E-state index in [1.807, 2.05) is 0 Å². The topological polar surface area (TPSA) is 41.6 Å². The molecule has 1 amide bonds. The lowest BCUT2D eigenvalue weighted by Crippen LogP contribution is -2.43. The minimum Gasteiger partial charge on any atom is -0.385 e. The minimum absolute atomic E-state index is 0.0630. The van der Waals surface area contributed by atoms with Gasteiger partial charge < -0.3 is 9.64 Å². The summed E-state index contributed by atoms with van der Waals surface area (Å²) in [4.78, 5) is 14.7. The minimum atomic E-state index is 0.0630. The Morgan fingerprint density at radius 2 is 2.05 bits per heavy atom. The van der Waals surface area contributed by atoms with Gasteiger partial charge in [0.1, 0.15) is 0 Å². The standard InChI is InChI=1S/C16H30N2O2/c1-3-8-14-16(19)18(11-6-7-12-20-2)15(17-14)13-9-4-5-10-13/h13-15,17H,3-12H2,1-2H3. The fraction of sp³-hybridized carbons (Fsp3) is 0.938. The van der Waals surface area contributed by atoms with Gasteiger partial charge in [-0.15, -0.1) is 0 Å². The predicted molar refractivity (Wildman–Crippen MR) is 80.4 cm³/mol. The number of amides is 1. The number of rotatable bonds is 8. The molecule has 2 unspecified atom stereocenters. The average molecular weight is 282 g/mol. The highest BCUT2D eigenvalue weighted by Gasteiger charge is 2.42. The van der Waals surface area contributed by atoms with Gasteiger partial charge in [-0.2, -0.15) is 0 Å². The molecule has 0 spiro atoms. The van der Waals surface area contributed by atoms with E-state index >= 15 is 0 Å². The third-order valence-corrected chi connectivity index (χ3v) is 4.71. The number of carbonyl (C=O) groups is 1. The summed E-state index contributed by atoms with van der Waals surface area (Å²) in [6.45, 7) is 3.83. The first kappa shape index (κ1) is 15.8. The van der Waals surface area contributed by atoms with E-state index in [9.17, 15) is 4.79 Å². The summed E-state index contributed by atoms with van der Waals surface area (Å²) in [6.07, 6.45) is 9.62. The van der Waals surface area contributed by atoms with E-state index in [-0.39, 0.29) is 6.04 Å². The summed E-state index contributed by atoms with van der Waals surface area (Å²) in [7, 11) is 1.74. The summed E-state index contributed by atoms with van der Waals surface area (Å²) in [5, 5.41) is 3.62. The van der Waals surface area contributed by atoms with Gasteiger partial charge in [0.15, 0.2) is 0 Å². The zero-order chi connectivity index (χ0) is 14.4. The molecular formula is C16H30N2O2. The van der Waals surface area contributed by atoms with Crippen molar-refractivity contribution in [2.24, 2.45) is 5.92 Å². The molecule has 2 rings (SSSR count). The van der Waals surface area contributed by atoms with E-state index in [1.165, 1.54) is 25.7 Å². The van der Waals surface area contributed by atoms with Gasteiger partial charge in [-0.05, 0) is 38.0 Å². The van der Waals surface area contributed by atoms with E-state index in [0.29, 0.717) is 18.0 Å². The second-order valence-corrected chi connectivity index (χ2v) is 6.23. The molecule has 1 N–H and O–H groups in total. The molecule has 0 bridgehead atoms. The van der Waals surface area contributed by atoms with Crippen molar-refractivity contribution in [3.8, 4) is 0 Å². The third kappa shape index (κ3) is 3.73. The van der Waals surface area contributed by atoms with Crippen LogP contribution in [0.1, 0.15) is 58.3 Å². The fourth-order valence-electron chi connectivity index (χ4n) is 3.64. The highest BCUT2D eigenvalue weighted by molar-refractivity contribution is 5.84. The Morgan fingerprint density at radius 3 is 2.70 bits per heavy atom. The Bertz CT molecular complexity index is 303. The first-order valence-corrected chi connectivity index (χ1v) is 8.33. The molecule has 2 aliphatic rings. The van der Waals surface area contributed by atoms with Crippen LogP contribution in [0, 0.1) is 5.92 Å². The van der Waals surface area contributed by atoms with Crippen molar-refractivity contribution in [3.05, 3.63) is 0 Å². The largest absolute Gasteiger partial charge is 0.385 e. The molecule has 1 saturated carbocycles. The molecule has 0 aromatic rings. The average Bonchev–Trinajstić information content (AvgIpc) is 3.06. The summed E-state index contributed by atoms with van der Waals surface area (Å²) in [5.41, 5.74) is 0. The lowest BCUT2D eigenvalue weighted by molar-refractivity contribution is -0.130. The molecular weight excluding hydrogens is 252 g/mol. The maximum Gasteiger partial charge on any atom is 0.241 e. The Labute approximate surface area is 123 Å². The van der Waals surface area contributed by atoms with Crippen LogP contribution in [-0.4, -0.2) is 43.3 Å². The van der Waals surface area contributed by atoms with E-state index < -0.39 is 0 Å². The molecule has 1 aliphatic heterocycles. The molecule has 4 nitrogen and oxygen atoms in total. The number of nitrogens with one attached hydrogen (secondary N) is 1. The third-order valence-electron chi connectivity index (χ3n) is 4.71. The number of ether oxygens (including phenoxy) is 1. The molecule has 2 fully saturated rings. The number of hydrogen-bond donors (Lipinski definition) is 1. The number of nitrogens with zero attached hydrogens (tertiary/aromatic N) is 1. The maximum absolute atomic E-state index is 12.6. The predicted octanol–water partition coefficient (Wildman–Crippen LogP) is 2.53. The van der Waals surface area contributed by atoms with Crippen LogP contribution < -0.4 is 5.32 Å². The number of unbranched alkanes of at least 4 members (excludes halogenated alkanes) is 1. The van der Waals surface area contributed by atoms with Crippen LogP contribution in [0.4, 0.5) is 0 Å². The van der Waals surface area contributed by atoms with E-state index in [4.69, 9.17) is 4.74 Å². The van der Waals surface area contributed by atoms with Gasteiger partial charge in [-0.25, -0.2) is 0 Å². The van der Waals surface area contributed by atoms with E-state index in [0.717, 1.165) is 38.8 Å². The summed E-state index contributed by atoms with van der Waals surface area (Å²) < 4.78 is 5.10. The lowest BCUT2D eigenvalue weighted by Gasteiger charge is -2.29. The Kier molecular flexibility index (Phi) is 6.30. The van der Waals surface area contributed by atoms with Crippen molar-refractivity contribution in [1.29, 1.82) is 0 Å². The summed E-state index contributed by atoms with van der Waals surface area (Å²) >= 11 is 0. The second-order valence-electron chi connectivity index (χ2n) is 6.23. The molecule has 20 heavy (non-hydrogen) atoms.